The van der Waals surface area contributed by atoms with Crippen molar-refractivity contribution in [1.29, 1.82) is 0 Å². The topological polar surface area (TPSA) is 119 Å². The van der Waals surface area contributed by atoms with Crippen LogP contribution >= 0.6 is 0 Å². The van der Waals surface area contributed by atoms with Gasteiger partial charge in [-0.2, -0.15) is 19.9 Å². The number of nitrogen functional groups attached to an aromatic ring is 1. The smallest absolute Gasteiger partial charge is 0.324 e. The third kappa shape index (κ3) is 3.90. The van der Waals surface area contributed by atoms with Crippen LogP contribution in [0.1, 0.15) is 13.8 Å². The quantitative estimate of drug-likeness (QED) is 0.607. The van der Waals surface area contributed by atoms with E-state index >= 15 is 0 Å². The number of anilines is 4. The van der Waals surface area contributed by atoms with Crippen molar-refractivity contribution >= 4 is 23.6 Å². The molecule has 2 N–H and O–H groups in total. The molecule has 0 amide bonds. The van der Waals surface area contributed by atoms with Crippen molar-refractivity contribution in [2.45, 2.75) is 20.0 Å². The Balaban J connectivity index is 1.29. The van der Waals surface area contributed by atoms with E-state index in [1.807, 2.05) is 42.3 Å². The van der Waals surface area contributed by atoms with Crippen molar-refractivity contribution in [3.63, 3.8) is 0 Å². The molecule has 1 aromatic carbocycles. The highest BCUT2D eigenvalue weighted by Crippen LogP contribution is 2.52. The fourth-order valence-corrected chi connectivity index (χ4v) is 4.19. The third-order valence-corrected chi connectivity index (χ3v) is 5.96. The molecule has 0 bridgehead atoms. The minimum absolute atomic E-state index is 0.101. The monoisotopic (exact) mass is 422 g/mol. The molecule has 2 fully saturated rings. The first-order valence-corrected chi connectivity index (χ1v) is 10.5. The lowest BCUT2D eigenvalue weighted by atomic mass is 10.3. The van der Waals surface area contributed by atoms with Crippen molar-refractivity contribution in [2.75, 3.05) is 42.3 Å². The Labute approximate surface area is 180 Å². The lowest BCUT2D eigenvalue weighted by molar-refractivity contribution is 0.0652. The number of fused-ring (bicyclic) bond motifs is 1. The number of ether oxygens (including phenoxy) is 1. The second kappa shape index (κ2) is 7.77. The number of nitrogens with zero attached hydrogens (tertiary/aromatic N) is 7. The molecule has 2 unspecified atom stereocenters. The Bertz CT molecular complexity index is 1040. The molecular formula is C21H26N8O2. The van der Waals surface area contributed by atoms with Gasteiger partial charge in [-0.15, -0.1) is 0 Å². The van der Waals surface area contributed by atoms with Crippen LogP contribution in [0.3, 0.4) is 0 Å². The highest BCUT2D eigenvalue weighted by atomic mass is 16.5. The van der Waals surface area contributed by atoms with Gasteiger partial charge in [-0.1, -0.05) is 23.4 Å². The zero-order chi connectivity index (χ0) is 21.5. The number of para-hydroxylation sites is 1. The molecule has 1 aliphatic carbocycles. The van der Waals surface area contributed by atoms with Gasteiger partial charge in [0.2, 0.25) is 23.5 Å². The number of rotatable bonds is 7. The van der Waals surface area contributed by atoms with Crippen LogP contribution in [0.15, 0.2) is 34.9 Å². The summed E-state index contributed by atoms with van der Waals surface area (Å²) in [6.45, 7) is 6.78. The molecule has 1 saturated carbocycles. The van der Waals surface area contributed by atoms with Gasteiger partial charge in [0, 0.05) is 25.8 Å². The molecule has 31 heavy (non-hydrogen) atoms. The summed E-state index contributed by atoms with van der Waals surface area (Å²) >= 11 is 0. The summed E-state index contributed by atoms with van der Waals surface area (Å²) in [4.78, 5) is 21.4. The molecule has 3 heterocycles. The van der Waals surface area contributed by atoms with Gasteiger partial charge < -0.3 is 24.8 Å². The molecule has 2 aliphatic rings. The Morgan fingerprint density at radius 2 is 1.84 bits per heavy atom. The molecule has 3 aromatic rings. The summed E-state index contributed by atoms with van der Waals surface area (Å²) in [6.07, 6.45) is 0.273. The zero-order valence-electron chi connectivity index (χ0n) is 17.8. The fourth-order valence-electron chi connectivity index (χ4n) is 4.19. The SMILES string of the molecule is CC(C)OCC1C2CN(c3nc(-c4nc(N)nc(N(C)c5ccccc5)n4)no3)C[C@H]12. The molecule has 10 nitrogen and oxygen atoms in total. The maximum Gasteiger partial charge on any atom is 0.324 e. The van der Waals surface area contributed by atoms with Gasteiger partial charge in [0.1, 0.15) is 0 Å². The number of hydrogen-bond acceptors (Lipinski definition) is 10. The van der Waals surface area contributed by atoms with Crippen molar-refractivity contribution in [3.05, 3.63) is 30.3 Å². The first-order chi connectivity index (χ1) is 15.0. The average Bonchev–Trinajstić information content (AvgIpc) is 3.15. The highest BCUT2D eigenvalue weighted by Gasteiger charge is 2.56. The Hall–Kier alpha value is -3.27. The maximum atomic E-state index is 5.93. The van der Waals surface area contributed by atoms with Crippen molar-refractivity contribution in [1.82, 2.24) is 25.1 Å². The molecule has 10 heteroatoms. The van der Waals surface area contributed by atoms with E-state index in [-0.39, 0.29) is 17.9 Å². The van der Waals surface area contributed by atoms with Crippen LogP contribution in [0, 0.1) is 17.8 Å². The summed E-state index contributed by atoms with van der Waals surface area (Å²) < 4.78 is 11.3. The molecule has 1 saturated heterocycles. The van der Waals surface area contributed by atoms with Crippen LogP contribution in [-0.2, 0) is 4.74 Å². The van der Waals surface area contributed by atoms with Crippen LogP contribution in [0.25, 0.3) is 11.6 Å². The van der Waals surface area contributed by atoms with Gasteiger partial charge in [0.05, 0.1) is 12.7 Å². The van der Waals surface area contributed by atoms with Crippen molar-refractivity contribution in [3.8, 4) is 11.6 Å². The maximum absolute atomic E-state index is 5.93. The standard InChI is InChI=1S/C21H26N8O2/c1-12(2)30-11-16-14-9-29(10-15(14)16)21-25-18(27-31-21)17-23-19(22)26-20(24-17)28(3)13-7-5-4-6-8-13/h4-8,12,14-16H,9-11H2,1-3H3,(H2,22,23,24,26)/t14-,15?,16?/m0/s1. The summed E-state index contributed by atoms with van der Waals surface area (Å²) in [7, 11) is 1.87. The summed E-state index contributed by atoms with van der Waals surface area (Å²) in [5.74, 6) is 3.00. The molecule has 0 radical (unpaired) electrons. The largest absolute Gasteiger partial charge is 0.378 e. The van der Waals surface area contributed by atoms with Crippen LogP contribution in [0.5, 0.6) is 0 Å². The summed E-state index contributed by atoms with van der Waals surface area (Å²) in [6, 6.07) is 10.3. The van der Waals surface area contributed by atoms with Gasteiger partial charge in [-0.05, 0) is 43.7 Å². The van der Waals surface area contributed by atoms with Crippen molar-refractivity contribution < 1.29 is 9.26 Å². The minimum atomic E-state index is 0.101. The number of aromatic nitrogens is 5. The van der Waals surface area contributed by atoms with Crippen LogP contribution in [0.4, 0.5) is 23.6 Å². The zero-order valence-corrected chi connectivity index (χ0v) is 17.8. The van der Waals surface area contributed by atoms with E-state index in [2.05, 4.69) is 43.8 Å². The predicted molar refractivity (Wildman–Crippen MR) is 116 cm³/mol. The molecule has 162 valence electrons. The Morgan fingerprint density at radius 1 is 1.10 bits per heavy atom. The molecule has 0 spiro atoms. The predicted octanol–water partition coefficient (Wildman–Crippen LogP) is 2.38. The van der Waals surface area contributed by atoms with Gasteiger partial charge in [0.25, 0.3) is 0 Å². The first kappa shape index (κ1) is 19.7. The van der Waals surface area contributed by atoms with E-state index in [9.17, 15) is 0 Å². The van der Waals surface area contributed by atoms with Gasteiger partial charge in [0.15, 0.2) is 0 Å². The second-order valence-electron chi connectivity index (χ2n) is 8.39. The molecule has 3 atom stereocenters. The van der Waals surface area contributed by atoms with E-state index in [1.54, 1.807) is 0 Å². The van der Waals surface area contributed by atoms with E-state index in [0.717, 1.165) is 25.4 Å². The lowest BCUT2D eigenvalue weighted by Crippen LogP contribution is -2.25. The normalized spacial score (nSPS) is 22.1. The number of benzene rings is 1. The highest BCUT2D eigenvalue weighted by molar-refractivity contribution is 5.59. The van der Waals surface area contributed by atoms with Gasteiger partial charge in [-0.3, -0.25) is 0 Å². The number of nitrogens with two attached hydrogens (primary N) is 1. The lowest BCUT2D eigenvalue weighted by Gasteiger charge is -2.17. The first-order valence-electron chi connectivity index (χ1n) is 10.5. The van der Waals surface area contributed by atoms with E-state index in [0.29, 0.717) is 35.5 Å². The van der Waals surface area contributed by atoms with E-state index in [4.69, 9.17) is 15.0 Å². The molecule has 1 aliphatic heterocycles. The summed E-state index contributed by atoms with van der Waals surface area (Å²) in [5.41, 5.74) is 6.86. The average molecular weight is 422 g/mol. The second-order valence-corrected chi connectivity index (χ2v) is 8.39. The number of hydrogen-bond donors (Lipinski definition) is 1. The van der Waals surface area contributed by atoms with Crippen molar-refractivity contribution in [2.24, 2.45) is 17.8 Å². The van der Waals surface area contributed by atoms with Crippen LogP contribution in [0.2, 0.25) is 0 Å². The van der Waals surface area contributed by atoms with Gasteiger partial charge >= 0.3 is 6.01 Å². The number of piperidine rings is 1. The molecular weight excluding hydrogens is 396 g/mol. The minimum Gasteiger partial charge on any atom is -0.378 e. The third-order valence-electron chi connectivity index (χ3n) is 5.96. The van der Waals surface area contributed by atoms with E-state index < -0.39 is 0 Å². The molecule has 2 aromatic heterocycles. The molecule has 5 rings (SSSR count). The van der Waals surface area contributed by atoms with E-state index in [1.165, 1.54) is 0 Å². The fraction of sp³-hybridized carbons (Fsp3) is 0.476. The van der Waals surface area contributed by atoms with Gasteiger partial charge in [-0.25, -0.2) is 0 Å². The Morgan fingerprint density at radius 3 is 2.55 bits per heavy atom. The summed E-state index contributed by atoms with van der Waals surface area (Å²) in [5, 5.41) is 4.08. The van der Waals surface area contributed by atoms with Crippen LogP contribution in [-0.4, -0.2) is 57.9 Å². The Kier molecular flexibility index (Phi) is 4.93. The van der Waals surface area contributed by atoms with Crippen LogP contribution < -0.4 is 15.5 Å².